The number of nitrogens with zero attached hydrogens (tertiary/aromatic N) is 1. The number of likely N-dealkylation sites (tertiary alicyclic amines) is 1. The van der Waals surface area contributed by atoms with E-state index >= 15 is 0 Å². The zero-order valence-corrected chi connectivity index (χ0v) is 11.2. The van der Waals surface area contributed by atoms with Crippen LogP contribution in [0.15, 0.2) is 18.2 Å². The van der Waals surface area contributed by atoms with Crippen molar-refractivity contribution >= 4 is 5.69 Å². The minimum Gasteiger partial charge on any atom is -0.399 e. The minimum atomic E-state index is 0.807. The fourth-order valence-corrected chi connectivity index (χ4v) is 2.67. The third kappa shape index (κ3) is 2.81. The molecule has 94 valence electrons. The predicted octanol–water partition coefficient (Wildman–Crippen LogP) is 3.06. The Hall–Kier alpha value is -1.02. The summed E-state index contributed by atoms with van der Waals surface area (Å²) in [5, 5.41) is 0. The highest BCUT2D eigenvalue weighted by Gasteiger charge is 2.24. The van der Waals surface area contributed by atoms with Gasteiger partial charge in [0, 0.05) is 18.8 Å². The van der Waals surface area contributed by atoms with Gasteiger partial charge in [0.25, 0.3) is 0 Å². The van der Waals surface area contributed by atoms with E-state index in [0.717, 1.165) is 24.1 Å². The van der Waals surface area contributed by atoms with Crippen molar-refractivity contribution in [2.75, 3.05) is 18.8 Å². The Morgan fingerprint density at radius 3 is 2.82 bits per heavy atom. The van der Waals surface area contributed by atoms with Gasteiger partial charge in [-0.2, -0.15) is 0 Å². The molecule has 1 aromatic rings. The van der Waals surface area contributed by atoms with Crippen molar-refractivity contribution in [1.82, 2.24) is 4.90 Å². The van der Waals surface area contributed by atoms with Gasteiger partial charge in [0.15, 0.2) is 0 Å². The van der Waals surface area contributed by atoms with E-state index in [1.807, 2.05) is 6.07 Å². The van der Waals surface area contributed by atoms with Crippen molar-refractivity contribution in [3.63, 3.8) is 0 Å². The highest BCUT2D eigenvalue weighted by molar-refractivity contribution is 5.49. The molecule has 1 aromatic carbocycles. The standard InChI is InChI=1S/C15H24N2/c1-11(2)13-7-8-17(9-13)10-14-5-4-6-15(16)12(14)3/h4-6,11,13H,7-10,16H2,1-3H3. The van der Waals surface area contributed by atoms with E-state index in [0.29, 0.717) is 0 Å². The molecule has 1 saturated heterocycles. The third-order valence-electron chi connectivity index (χ3n) is 4.13. The van der Waals surface area contributed by atoms with Gasteiger partial charge in [-0.3, -0.25) is 4.90 Å². The van der Waals surface area contributed by atoms with Crippen molar-refractivity contribution in [2.24, 2.45) is 11.8 Å². The van der Waals surface area contributed by atoms with Crippen molar-refractivity contribution in [3.05, 3.63) is 29.3 Å². The maximum absolute atomic E-state index is 5.95. The van der Waals surface area contributed by atoms with Crippen LogP contribution in [0.4, 0.5) is 5.69 Å². The maximum Gasteiger partial charge on any atom is 0.0346 e. The van der Waals surface area contributed by atoms with E-state index in [1.165, 1.54) is 30.6 Å². The van der Waals surface area contributed by atoms with E-state index in [2.05, 4.69) is 37.8 Å². The highest BCUT2D eigenvalue weighted by atomic mass is 15.1. The first-order chi connectivity index (χ1) is 8.08. The first-order valence-electron chi connectivity index (χ1n) is 6.64. The lowest BCUT2D eigenvalue weighted by atomic mass is 9.95. The fraction of sp³-hybridized carbons (Fsp3) is 0.600. The minimum absolute atomic E-state index is 0.807. The number of rotatable bonds is 3. The van der Waals surface area contributed by atoms with Gasteiger partial charge in [-0.25, -0.2) is 0 Å². The van der Waals surface area contributed by atoms with Gasteiger partial charge in [0.1, 0.15) is 0 Å². The first-order valence-corrected chi connectivity index (χ1v) is 6.64. The quantitative estimate of drug-likeness (QED) is 0.812. The molecule has 17 heavy (non-hydrogen) atoms. The number of nitrogens with two attached hydrogens (primary N) is 1. The fourth-order valence-electron chi connectivity index (χ4n) is 2.67. The molecule has 1 heterocycles. The van der Waals surface area contributed by atoms with Gasteiger partial charge >= 0.3 is 0 Å². The molecule has 2 heteroatoms. The summed E-state index contributed by atoms with van der Waals surface area (Å²) >= 11 is 0. The molecule has 1 fully saturated rings. The van der Waals surface area contributed by atoms with Crippen LogP contribution < -0.4 is 5.73 Å². The van der Waals surface area contributed by atoms with E-state index in [-0.39, 0.29) is 0 Å². The molecule has 1 aliphatic heterocycles. The summed E-state index contributed by atoms with van der Waals surface area (Å²) in [7, 11) is 0. The highest BCUT2D eigenvalue weighted by Crippen LogP contribution is 2.26. The summed E-state index contributed by atoms with van der Waals surface area (Å²) in [5.74, 6) is 1.68. The van der Waals surface area contributed by atoms with Crippen molar-refractivity contribution in [2.45, 2.75) is 33.7 Å². The lowest BCUT2D eigenvalue weighted by Crippen LogP contribution is -2.22. The summed E-state index contributed by atoms with van der Waals surface area (Å²) in [4.78, 5) is 2.56. The number of anilines is 1. The zero-order chi connectivity index (χ0) is 12.4. The Kier molecular flexibility index (Phi) is 3.72. The molecular weight excluding hydrogens is 208 g/mol. The zero-order valence-electron chi connectivity index (χ0n) is 11.2. The lowest BCUT2D eigenvalue weighted by molar-refractivity contribution is 0.296. The predicted molar refractivity (Wildman–Crippen MR) is 73.8 cm³/mol. The summed E-state index contributed by atoms with van der Waals surface area (Å²) in [6, 6.07) is 6.25. The Balaban J connectivity index is 2.00. The Labute approximate surface area is 105 Å². The first kappa shape index (κ1) is 12.4. The van der Waals surface area contributed by atoms with Gasteiger partial charge in [0.2, 0.25) is 0 Å². The van der Waals surface area contributed by atoms with E-state index in [1.54, 1.807) is 0 Å². The van der Waals surface area contributed by atoms with Crippen LogP contribution in [0, 0.1) is 18.8 Å². The average molecular weight is 232 g/mol. The van der Waals surface area contributed by atoms with Gasteiger partial charge in [-0.1, -0.05) is 26.0 Å². The molecule has 0 spiro atoms. The SMILES string of the molecule is Cc1c(N)cccc1CN1CCC(C(C)C)C1. The summed E-state index contributed by atoms with van der Waals surface area (Å²) < 4.78 is 0. The number of nitrogen functional groups attached to an aromatic ring is 1. The molecule has 1 aliphatic rings. The molecular formula is C15H24N2. The van der Waals surface area contributed by atoms with Gasteiger partial charge in [-0.05, 0) is 48.9 Å². The monoisotopic (exact) mass is 232 g/mol. The second-order valence-electron chi connectivity index (χ2n) is 5.66. The number of benzene rings is 1. The largest absolute Gasteiger partial charge is 0.399 e. The van der Waals surface area contributed by atoms with Crippen LogP contribution in [-0.2, 0) is 6.54 Å². The second kappa shape index (κ2) is 5.09. The molecule has 1 unspecified atom stereocenters. The number of hydrogen-bond acceptors (Lipinski definition) is 2. The van der Waals surface area contributed by atoms with Crippen LogP contribution in [-0.4, -0.2) is 18.0 Å². The Bertz CT molecular complexity index is 385. The molecule has 0 saturated carbocycles. The summed E-state index contributed by atoms with van der Waals surface area (Å²) in [5.41, 5.74) is 9.50. The molecule has 2 rings (SSSR count). The van der Waals surface area contributed by atoms with Gasteiger partial charge < -0.3 is 5.73 Å². The average Bonchev–Trinajstić information content (AvgIpc) is 2.73. The lowest BCUT2D eigenvalue weighted by Gasteiger charge is -2.19. The molecule has 0 amide bonds. The van der Waals surface area contributed by atoms with Crippen molar-refractivity contribution in [1.29, 1.82) is 0 Å². The molecule has 2 N–H and O–H groups in total. The van der Waals surface area contributed by atoms with E-state index < -0.39 is 0 Å². The summed E-state index contributed by atoms with van der Waals surface area (Å²) in [6.45, 7) is 10.3. The van der Waals surface area contributed by atoms with Crippen LogP contribution >= 0.6 is 0 Å². The topological polar surface area (TPSA) is 29.3 Å². The Morgan fingerprint density at radius 2 is 2.18 bits per heavy atom. The van der Waals surface area contributed by atoms with Crippen LogP contribution in [0.3, 0.4) is 0 Å². The second-order valence-corrected chi connectivity index (χ2v) is 5.66. The van der Waals surface area contributed by atoms with Crippen molar-refractivity contribution in [3.8, 4) is 0 Å². The summed E-state index contributed by atoms with van der Waals surface area (Å²) in [6.07, 6.45) is 1.35. The number of hydrogen-bond donors (Lipinski definition) is 1. The molecule has 0 aliphatic carbocycles. The van der Waals surface area contributed by atoms with Gasteiger partial charge in [0.05, 0.1) is 0 Å². The van der Waals surface area contributed by atoms with Crippen LogP contribution in [0.2, 0.25) is 0 Å². The van der Waals surface area contributed by atoms with Crippen LogP contribution in [0.5, 0.6) is 0 Å². The van der Waals surface area contributed by atoms with E-state index in [9.17, 15) is 0 Å². The Morgan fingerprint density at radius 1 is 1.41 bits per heavy atom. The van der Waals surface area contributed by atoms with Gasteiger partial charge in [-0.15, -0.1) is 0 Å². The molecule has 0 radical (unpaired) electrons. The maximum atomic E-state index is 5.95. The van der Waals surface area contributed by atoms with Crippen molar-refractivity contribution < 1.29 is 0 Å². The molecule has 0 aromatic heterocycles. The molecule has 1 atom stereocenters. The molecule has 0 bridgehead atoms. The van der Waals surface area contributed by atoms with E-state index in [4.69, 9.17) is 5.73 Å². The van der Waals surface area contributed by atoms with Crippen LogP contribution in [0.25, 0.3) is 0 Å². The smallest absolute Gasteiger partial charge is 0.0346 e. The third-order valence-corrected chi connectivity index (χ3v) is 4.13. The molecule has 2 nitrogen and oxygen atoms in total. The normalized spacial score (nSPS) is 21.3. The van der Waals surface area contributed by atoms with Crippen LogP contribution in [0.1, 0.15) is 31.4 Å².